The van der Waals surface area contributed by atoms with Gasteiger partial charge < -0.3 is 14.2 Å². The Balaban J connectivity index is 1.77. The van der Waals surface area contributed by atoms with Gasteiger partial charge in [0.15, 0.2) is 6.61 Å². The van der Waals surface area contributed by atoms with Gasteiger partial charge in [-0.05, 0) is 48.9 Å². The van der Waals surface area contributed by atoms with Crippen LogP contribution in [0.5, 0.6) is 11.5 Å². The number of carbonyl (C=O) groups is 2. The summed E-state index contributed by atoms with van der Waals surface area (Å²) >= 11 is 0. The van der Waals surface area contributed by atoms with Crippen LogP contribution < -0.4 is 19.2 Å². The van der Waals surface area contributed by atoms with E-state index in [9.17, 15) is 18.0 Å². The van der Waals surface area contributed by atoms with E-state index in [1.54, 1.807) is 54.6 Å². The van der Waals surface area contributed by atoms with Crippen molar-refractivity contribution in [2.24, 2.45) is 5.10 Å². The van der Waals surface area contributed by atoms with Crippen LogP contribution in [0.4, 0.5) is 5.69 Å². The Morgan fingerprint density at radius 3 is 2.38 bits per heavy atom. The van der Waals surface area contributed by atoms with E-state index < -0.39 is 28.4 Å². The first-order valence-electron chi connectivity index (χ1n) is 11.1. The third-order valence-corrected chi connectivity index (χ3v) is 6.87. The van der Waals surface area contributed by atoms with Crippen molar-refractivity contribution in [2.45, 2.75) is 11.8 Å². The molecule has 0 atom stereocenters. The second-order valence-electron chi connectivity index (χ2n) is 7.76. The molecule has 0 aromatic heterocycles. The molecule has 11 heteroatoms. The Morgan fingerprint density at radius 1 is 0.973 bits per heavy atom. The van der Waals surface area contributed by atoms with Crippen molar-refractivity contribution in [3.05, 3.63) is 83.9 Å². The van der Waals surface area contributed by atoms with Crippen LogP contribution in [0.25, 0.3) is 0 Å². The lowest BCUT2D eigenvalue weighted by Gasteiger charge is -2.24. The number of esters is 1. The van der Waals surface area contributed by atoms with E-state index in [4.69, 9.17) is 9.47 Å². The number of hydrazone groups is 1. The molecule has 3 aromatic rings. The fourth-order valence-electron chi connectivity index (χ4n) is 3.15. The Bertz CT molecular complexity index is 1370. The number of ether oxygens (including phenoxy) is 3. The topological polar surface area (TPSA) is 124 Å². The van der Waals surface area contributed by atoms with Crippen LogP contribution in [0.3, 0.4) is 0 Å². The smallest absolute Gasteiger partial charge is 0.343 e. The van der Waals surface area contributed by atoms with Crippen molar-refractivity contribution in [3.8, 4) is 11.5 Å². The molecule has 194 valence electrons. The van der Waals surface area contributed by atoms with E-state index in [0.717, 1.165) is 9.87 Å². The fourth-order valence-corrected chi connectivity index (χ4v) is 4.56. The maximum absolute atomic E-state index is 13.5. The highest BCUT2D eigenvalue weighted by molar-refractivity contribution is 7.92. The molecule has 0 bridgehead atoms. The number of amides is 1. The summed E-state index contributed by atoms with van der Waals surface area (Å²) in [5, 5.41) is 3.92. The van der Waals surface area contributed by atoms with Gasteiger partial charge in [-0.1, -0.05) is 35.9 Å². The summed E-state index contributed by atoms with van der Waals surface area (Å²) in [6.45, 7) is 1.08. The normalized spacial score (nSPS) is 11.1. The molecular weight excluding hydrogens is 498 g/mol. The maximum Gasteiger partial charge on any atom is 0.343 e. The highest BCUT2D eigenvalue weighted by Gasteiger charge is 2.27. The number of hydrogen-bond acceptors (Lipinski definition) is 8. The van der Waals surface area contributed by atoms with E-state index in [1.807, 2.05) is 6.92 Å². The van der Waals surface area contributed by atoms with Crippen molar-refractivity contribution < 1.29 is 32.2 Å². The Kier molecular flexibility index (Phi) is 9.22. The van der Waals surface area contributed by atoms with Crippen LogP contribution in [0.1, 0.15) is 11.1 Å². The van der Waals surface area contributed by atoms with Gasteiger partial charge in [-0.25, -0.2) is 18.6 Å². The van der Waals surface area contributed by atoms with E-state index in [1.165, 1.54) is 38.6 Å². The lowest BCUT2D eigenvalue weighted by atomic mass is 10.2. The van der Waals surface area contributed by atoms with Crippen molar-refractivity contribution in [1.82, 2.24) is 5.43 Å². The molecule has 0 saturated heterocycles. The lowest BCUT2D eigenvalue weighted by Crippen LogP contribution is -2.39. The summed E-state index contributed by atoms with van der Waals surface area (Å²) in [6, 6.07) is 19.4. The Morgan fingerprint density at radius 2 is 1.68 bits per heavy atom. The molecule has 0 saturated carbocycles. The number of aryl methyl sites for hydroxylation is 1. The largest absolute Gasteiger partial charge is 0.497 e. The SMILES string of the molecule is COC(=O)COc1cccc(/C=N\NC(=O)CN(c2cccc(OC)c2)S(=O)(=O)c2ccc(C)cc2)c1. The third-order valence-electron chi connectivity index (χ3n) is 5.08. The van der Waals surface area contributed by atoms with Crippen LogP contribution in [-0.4, -0.2) is 53.9 Å². The number of benzene rings is 3. The monoisotopic (exact) mass is 525 g/mol. The lowest BCUT2D eigenvalue weighted by molar-refractivity contribution is -0.142. The number of sulfonamides is 1. The molecule has 1 amide bonds. The van der Waals surface area contributed by atoms with E-state index in [0.29, 0.717) is 17.1 Å². The molecule has 3 aromatic carbocycles. The van der Waals surface area contributed by atoms with Crippen LogP contribution >= 0.6 is 0 Å². The van der Waals surface area contributed by atoms with Crippen molar-refractivity contribution >= 4 is 33.8 Å². The van der Waals surface area contributed by atoms with Crippen molar-refractivity contribution in [2.75, 3.05) is 31.7 Å². The van der Waals surface area contributed by atoms with Crippen molar-refractivity contribution in [1.29, 1.82) is 0 Å². The van der Waals surface area contributed by atoms with E-state index in [-0.39, 0.29) is 17.2 Å². The van der Waals surface area contributed by atoms with Crippen LogP contribution in [0.15, 0.2) is 82.8 Å². The Hall–Kier alpha value is -4.38. The summed E-state index contributed by atoms with van der Waals surface area (Å²) in [6.07, 6.45) is 1.37. The van der Waals surface area contributed by atoms with Gasteiger partial charge in [0.05, 0.1) is 31.0 Å². The molecule has 0 spiro atoms. The van der Waals surface area contributed by atoms with Gasteiger partial charge in [-0.15, -0.1) is 0 Å². The number of hydrogen-bond donors (Lipinski definition) is 1. The molecule has 37 heavy (non-hydrogen) atoms. The molecule has 0 aliphatic carbocycles. The van der Waals surface area contributed by atoms with Gasteiger partial charge in [0.2, 0.25) is 0 Å². The number of methoxy groups -OCH3 is 2. The first kappa shape index (κ1) is 27.2. The second kappa shape index (κ2) is 12.5. The van der Waals surface area contributed by atoms with Gasteiger partial charge in [0, 0.05) is 6.07 Å². The first-order valence-corrected chi connectivity index (χ1v) is 12.5. The molecule has 3 rings (SSSR count). The minimum Gasteiger partial charge on any atom is -0.497 e. The predicted molar refractivity (Wildman–Crippen MR) is 138 cm³/mol. The minimum atomic E-state index is -4.08. The molecule has 1 N–H and O–H groups in total. The zero-order valence-electron chi connectivity index (χ0n) is 20.6. The molecule has 0 heterocycles. The molecule has 10 nitrogen and oxygen atoms in total. The molecule has 0 aliphatic rings. The highest BCUT2D eigenvalue weighted by atomic mass is 32.2. The zero-order chi connectivity index (χ0) is 26.8. The molecular formula is C26H27N3O7S. The van der Waals surface area contributed by atoms with Gasteiger partial charge in [-0.3, -0.25) is 9.10 Å². The average molecular weight is 526 g/mol. The number of rotatable bonds is 11. The van der Waals surface area contributed by atoms with Crippen molar-refractivity contribution in [3.63, 3.8) is 0 Å². The van der Waals surface area contributed by atoms with E-state index in [2.05, 4.69) is 15.3 Å². The van der Waals surface area contributed by atoms with Crippen LogP contribution in [0, 0.1) is 6.92 Å². The highest BCUT2D eigenvalue weighted by Crippen LogP contribution is 2.27. The van der Waals surface area contributed by atoms with E-state index >= 15 is 0 Å². The number of carbonyl (C=O) groups excluding carboxylic acids is 2. The summed E-state index contributed by atoms with van der Waals surface area (Å²) in [5.74, 6) is -0.330. The summed E-state index contributed by atoms with van der Waals surface area (Å²) in [4.78, 5) is 24.0. The summed E-state index contributed by atoms with van der Waals surface area (Å²) < 4.78 is 43.0. The number of nitrogens with zero attached hydrogens (tertiary/aromatic N) is 2. The average Bonchev–Trinajstić information content (AvgIpc) is 2.90. The Labute approximate surface area is 215 Å². The predicted octanol–water partition coefficient (Wildman–Crippen LogP) is 2.90. The van der Waals surface area contributed by atoms with Crippen LogP contribution in [0.2, 0.25) is 0 Å². The zero-order valence-corrected chi connectivity index (χ0v) is 21.4. The standard InChI is InChI=1S/C26H27N3O7S/c1-19-10-12-24(13-11-19)37(32,33)29(21-7-5-8-22(15-21)34-2)17-25(30)28-27-16-20-6-4-9-23(14-20)36-18-26(31)35-3/h4-16H,17-18H2,1-3H3,(H,28,30)/b27-16-. The van der Waals surface area contributed by atoms with Gasteiger partial charge in [-0.2, -0.15) is 5.10 Å². The second-order valence-corrected chi connectivity index (χ2v) is 9.62. The minimum absolute atomic E-state index is 0.0426. The number of anilines is 1. The number of nitrogens with one attached hydrogen (secondary N) is 1. The first-order chi connectivity index (χ1) is 17.7. The molecule has 0 aliphatic heterocycles. The molecule has 0 radical (unpaired) electrons. The summed E-state index contributed by atoms with van der Waals surface area (Å²) in [5.41, 5.74) is 4.09. The van der Waals surface area contributed by atoms with Crippen LogP contribution in [-0.2, 0) is 24.3 Å². The van der Waals surface area contributed by atoms with Gasteiger partial charge in [0.1, 0.15) is 18.0 Å². The van der Waals surface area contributed by atoms with Gasteiger partial charge >= 0.3 is 5.97 Å². The summed E-state index contributed by atoms with van der Waals surface area (Å²) in [7, 11) is -1.35. The quantitative estimate of drug-likeness (QED) is 0.232. The fraction of sp³-hybridized carbons (Fsp3) is 0.192. The molecule has 0 fully saturated rings. The molecule has 0 unspecified atom stereocenters. The maximum atomic E-state index is 13.5. The van der Waals surface area contributed by atoms with Gasteiger partial charge in [0.25, 0.3) is 15.9 Å². The third kappa shape index (κ3) is 7.55.